The van der Waals surface area contributed by atoms with Crippen LogP contribution in [0, 0.1) is 17.5 Å². The van der Waals surface area contributed by atoms with Gasteiger partial charge in [0.25, 0.3) is 0 Å². The van der Waals surface area contributed by atoms with E-state index in [1.165, 1.54) is 42.5 Å². The zero-order valence-electron chi connectivity index (χ0n) is 16.2. The number of halogens is 5. The van der Waals surface area contributed by atoms with Crippen LogP contribution in [0.2, 0.25) is 0 Å². The van der Waals surface area contributed by atoms with Crippen LogP contribution in [0.3, 0.4) is 0 Å². The van der Waals surface area contributed by atoms with E-state index >= 15 is 0 Å². The first-order valence-electron chi connectivity index (χ1n) is 9.37. The summed E-state index contributed by atoms with van der Waals surface area (Å²) in [5.41, 5.74) is -0.855. The highest BCUT2D eigenvalue weighted by atomic mass is 19.2. The molecular formula is C24H19F5O. The average Bonchev–Trinajstić information content (AvgIpc) is 2.76. The highest BCUT2D eigenvalue weighted by Gasteiger charge is 2.23. The smallest absolute Gasteiger partial charge is 0.170 e. The Morgan fingerprint density at radius 1 is 0.933 bits per heavy atom. The van der Waals surface area contributed by atoms with E-state index in [0.29, 0.717) is 18.6 Å². The average molecular weight is 418 g/mol. The van der Waals surface area contributed by atoms with Crippen LogP contribution in [-0.4, -0.2) is 6.61 Å². The summed E-state index contributed by atoms with van der Waals surface area (Å²) in [5, 5.41) is -0.628. The molecule has 0 aliphatic rings. The third kappa shape index (κ3) is 4.08. The van der Waals surface area contributed by atoms with Gasteiger partial charge in [0.1, 0.15) is 18.2 Å². The fraction of sp³-hybridized carbons (Fsp3) is 0.167. The molecule has 1 nitrogen and oxygen atoms in total. The van der Waals surface area contributed by atoms with Crippen molar-refractivity contribution in [3.05, 3.63) is 89.3 Å². The lowest BCUT2D eigenvalue weighted by atomic mass is 9.99. The number of hydrogen-bond donors (Lipinski definition) is 0. The summed E-state index contributed by atoms with van der Waals surface area (Å²) in [6.07, 6.45) is 2.49. The molecule has 0 saturated carbocycles. The third-order valence-electron chi connectivity index (χ3n) is 4.63. The minimum Gasteiger partial charge on any atom is -0.490 e. The summed E-state index contributed by atoms with van der Waals surface area (Å²) in [5.74, 6) is -6.62. The molecule has 0 aliphatic carbocycles. The molecule has 0 fully saturated rings. The van der Waals surface area contributed by atoms with Gasteiger partial charge in [0, 0.05) is 5.56 Å². The van der Waals surface area contributed by atoms with Crippen LogP contribution in [0.1, 0.15) is 30.0 Å². The van der Waals surface area contributed by atoms with Gasteiger partial charge in [-0.05, 0) is 47.7 Å². The zero-order valence-corrected chi connectivity index (χ0v) is 16.2. The van der Waals surface area contributed by atoms with Gasteiger partial charge in [0.2, 0.25) is 0 Å². The number of hydrogen-bond acceptors (Lipinski definition) is 1. The second kappa shape index (κ2) is 9.11. The fourth-order valence-electron chi connectivity index (χ4n) is 3.14. The normalized spacial score (nSPS) is 12.1. The number of benzene rings is 3. The Hall–Kier alpha value is -3.15. The van der Waals surface area contributed by atoms with E-state index in [4.69, 9.17) is 4.74 Å². The van der Waals surface area contributed by atoms with Crippen molar-refractivity contribution in [3.63, 3.8) is 0 Å². The predicted octanol–water partition coefficient (Wildman–Crippen LogP) is 7.54. The van der Waals surface area contributed by atoms with E-state index < -0.39 is 40.1 Å². The molecule has 6 heteroatoms. The van der Waals surface area contributed by atoms with Gasteiger partial charge in [0.05, 0.1) is 10.9 Å². The molecule has 3 rings (SSSR count). The molecular weight excluding hydrogens is 399 g/mol. The van der Waals surface area contributed by atoms with Crippen LogP contribution in [0.4, 0.5) is 22.0 Å². The summed E-state index contributed by atoms with van der Waals surface area (Å²) in [6.45, 7) is 5.57. The summed E-state index contributed by atoms with van der Waals surface area (Å²) in [7, 11) is 0. The molecule has 0 amide bonds. The summed E-state index contributed by atoms with van der Waals surface area (Å²) in [4.78, 5) is 0. The van der Waals surface area contributed by atoms with Crippen LogP contribution < -0.4 is 4.74 Å². The first-order valence-corrected chi connectivity index (χ1v) is 9.37. The Kier molecular flexibility index (Phi) is 6.55. The SMILES string of the molecule is C=CCOc1ccc(C(F)=C(F)c2cc3ccc(CCC)c(F)c3c(F)c2F)cc1. The summed E-state index contributed by atoms with van der Waals surface area (Å²) >= 11 is 0. The molecule has 0 unspecified atom stereocenters. The Morgan fingerprint density at radius 3 is 2.27 bits per heavy atom. The van der Waals surface area contributed by atoms with Gasteiger partial charge in [-0.2, -0.15) is 0 Å². The lowest BCUT2D eigenvalue weighted by molar-refractivity contribution is 0.363. The number of aryl methyl sites for hydroxylation is 1. The van der Waals surface area contributed by atoms with E-state index in [0.717, 1.165) is 6.07 Å². The Balaban J connectivity index is 2.07. The maximum absolute atomic E-state index is 14.7. The molecule has 3 aromatic rings. The zero-order chi connectivity index (χ0) is 21.8. The van der Waals surface area contributed by atoms with E-state index in [1.54, 1.807) is 0 Å². The van der Waals surface area contributed by atoms with E-state index in [9.17, 15) is 22.0 Å². The first-order chi connectivity index (χ1) is 14.4. The van der Waals surface area contributed by atoms with Crippen LogP contribution in [-0.2, 0) is 6.42 Å². The quantitative estimate of drug-likeness (QED) is 0.219. The van der Waals surface area contributed by atoms with Gasteiger partial charge in [-0.15, -0.1) is 0 Å². The molecule has 0 heterocycles. The lowest BCUT2D eigenvalue weighted by Gasteiger charge is -2.11. The molecule has 0 aromatic heterocycles. The van der Waals surface area contributed by atoms with Gasteiger partial charge in [-0.1, -0.05) is 38.1 Å². The van der Waals surface area contributed by atoms with E-state index in [2.05, 4.69) is 6.58 Å². The van der Waals surface area contributed by atoms with Crippen LogP contribution in [0.25, 0.3) is 22.4 Å². The van der Waals surface area contributed by atoms with Crippen LogP contribution in [0.15, 0.2) is 55.1 Å². The van der Waals surface area contributed by atoms with Crippen LogP contribution in [0.5, 0.6) is 5.75 Å². The molecule has 30 heavy (non-hydrogen) atoms. The Labute approximate surface area is 171 Å². The van der Waals surface area contributed by atoms with Crippen molar-refractivity contribution in [2.75, 3.05) is 6.61 Å². The molecule has 0 aliphatic heterocycles. The highest BCUT2D eigenvalue weighted by molar-refractivity contribution is 5.91. The van der Waals surface area contributed by atoms with E-state index in [1.807, 2.05) is 6.92 Å². The second-order valence-corrected chi connectivity index (χ2v) is 6.69. The minimum absolute atomic E-state index is 0.0580. The number of rotatable bonds is 7. The highest BCUT2D eigenvalue weighted by Crippen LogP contribution is 2.36. The Morgan fingerprint density at radius 2 is 1.63 bits per heavy atom. The maximum atomic E-state index is 14.7. The van der Waals surface area contributed by atoms with Crippen molar-refractivity contribution in [1.29, 1.82) is 0 Å². The topological polar surface area (TPSA) is 9.23 Å². The van der Waals surface area contributed by atoms with Crippen molar-refractivity contribution < 1.29 is 26.7 Å². The van der Waals surface area contributed by atoms with Crippen molar-refractivity contribution in [2.24, 2.45) is 0 Å². The molecule has 0 radical (unpaired) electrons. The minimum atomic E-state index is -1.64. The standard InChI is InChI=1S/C24H19F5O/c1-3-5-14-6-7-16-13-18(23(28)24(29)19(16)20(14)25)22(27)21(26)15-8-10-17(11-9-15)30-12-4-2/h4,6-11,13H,2-3,5,12H2,1H3. The van der Waals surface area contributed by atoms with Gasteiger partial charge in [-0.25, -0.2) is 22.0 Å². The molecule has 156 valence electrons. The Bertz CT molecular complexity index is 1120. The molecule has 0 atom stereocenters. The van der Waals surface area contributed by atoms with Gasteiger partial charge >= 0.3 is 0 Å². The maximum Gasteiger partial charge on any atom is 0.170 e. The van der Waals surface area contributed by atoms with Crippen molar-refractivity contribution >= 4 is 22.4 Å². The van der Waals surface area contributed by atoms with Crippen molar-refractivity contribution in [2.45, 2.75) is 19.8 Å². The predicted molar refractivity (Wildman–Crippen MR) is 109 cm³/mol. The molecule has 0 N–H and O–H groups in total. The van der Waals surface area contributed by atoms with Gasteiger partial charge in [-0.3, -0.25) is 0 Å². The van der Waals surface area contributed by atoms with Gasteiger partial charge in [0.15, 0.2) is 23.3 Å². The largest absolute Gasteiger partial charge is 0.490 e. The van der Waals surface area contributed by atoms with E-state index in [-0.39, 0.29) is 23.1 Å². The summed E-state index contributed by atoms with van der Waals surface area (Å²) < 4.78 is 78.4. The second-order valence-electron chi connectivity index (χ2n) is 6.69. The number of fused-ring (bicyclic) bond motifs is 1. The fourth-order valence-corrected chi connectivity index (χ4v) is 3.14. The first kappa shape index (κ1) is 21.6. The van der Waals surface area contributed by atoms with Crippen molar-refractivity contribution in [1.82, 2.24) is 0 Å². The third-order valence-corrected chi connectivity index (χ3v) is 4.63. The van der Waals surface area contributed by atoms with Gasteiger partial charge < -0.3 is 4.74 Å². The lowest BCUT2D eigenvalue weighted by Crippen LogP contribution is -2.00. The number of ether oxygens (including phenoxy) is 1. The molecule has 0 saturated heterocycles. The monoisotopic (exact) mass is 418 g/mol. The van der Waals surface area contributed by atoms with Crippen LogP contribution >= 0.6 is 0 Å². The molecule has 3 aromatic carbocycles. The molecule has 0 bridgehead atoms. The molecule has 0 spiro atoms. The van der Waals surface area contributed by atoms with Crippen molar-refractivity contribution in [3.8, 4) is 5.75 Å². The summed E-state index contributed by atoms with van der Waals surface area (Å²) in [6, 6.07) is 9.03.